The quantitative estimate of drug-likeness (QED) is 0.289. The number of carbonyl (C=O) groups is 1. The van der Waals surface area contributed by atoms with Crippen molar-refractivity contribution in [3.8, 4) is 11.5 Å². The van der Waals surface area contributed by atoms with Gasteiger partial charge in [0.25, 0.3) is 0 Å². The van der Waals surface area contributed by atoms with Crippen molar-refractivity contribution in [2.24, 2.45) is 0 Å². The first-order valence-electron chi connectivity index (χ1n) is 12.6. The van der Waals surface area contributed by atoms with Crippen LogP contribution >= 0.6 is 0 Å². The Hall–Kier alpha value is -3.80. The Labute approximate surface area is 212 Å². The molecular formula is C30H33N3O3. The van der Waals surface area contributed by atoms with E-state index in [2.05, 4.69) is 42.7 Å². The second-order valence-corrected chi connectivity index (χ2v) is 9.66. The number of hydrogen-bond donors (Lipinski definition) is 0. The van der Waals surface area contributed by atoms with Gasteiger partial charge in [-0.3, -0.25) is 4.79 Å². The standard InChI is InChI=1S/C30H33N3O3/c1-21-15-22(2)17-26(16-21)36-14-6-13-33-28-8-5-4-7-27(28)31-30(33)24-18-29(34)32(20-24)19-23-9-11-25(35-3)12-10-23/h4-5,7-12,15-17,24H,6,13-14,18-20H2,1-3H3. The van der Waals surface area contributed by atoms with Crippen LogP contribution in [0.15, 0.2) is 66.7 Å². The molecule has 1 amide bonds. The summed E-state index contributed by atoms with van der Waals surface area (Å²) in [7, 11) is 1.66. The van der Waals surface area contributed by atoms with Crippen molar-refractivity contribution in [1.82, 2.24) is 14.5 Å². The van der Waals surface area contributed by atoms with Crippen molar-refractivity contribution < 1.29 is 14.3 Å². The highest BCUT2D eigenvalue weighted by Gasteiger charge is 2.34. The van der Waals surface area contributed by atoms with Crippen molar-refractivity contribution in [2.45, 2.75) is 45.7 Å². The van der Waals surface area contributed by atoms with Crippen molar-refractivity contribution >= 4 is 16.9 Å². The first kappa shape index (κ1) is 23.9. The van der Waals surface area contributed by atoms with E-state index < -0.39 is 0 Å². The van der Waals surface area contributed by atoms with Crippen LogP contribution in [0.4, 0.5) is 0 Å². The SMILES string of the molecule is COc1ccc(CN2CC(c3nc4ccccc4n3CCCOc3cc(C)cc(C)c3)CC2=O)cc1. The number of nitrogens with zero attached hydrogens (tertiary/aromatic N) is 3. The summed E-state index contributed by atoms with van der Waals surface area (Å²) in [6.45, 7) is 6.87. The maximum atomic E-state index is 12.9. The van der Waals surface area contributed by atoms with Crippen LogP contribution in [0.3, 0.4) is 0 Å². The summed E-state index contributed by atoms with van der Waals surface area (Å²) in [5, 5.41) is 0. The fraction of sp³-hybridized carbons (Fsp3) is 0.333. The number of ether oxygens (including phenoxy) is 2. The van der Waals surface area contributed by atoms with E-state index in [1.165, 1.54) is 11.1 Å². The molecular weight excluding hydrogens is 450 g/mol. The van der Waals surface area contributed by atoms with Crippen molar-refractivity contribution in [1.29, 1.82) is 0 Å². The normalized spacial score (nSPS) is 15.6. The number of likely N-dealkylation sites (tertiary alicyclic amines) is 1. The Morgan fingerprint density at radius 3 is 2.47 bits per heavy atom. The van der Waals surface area contributed by atoms with Gasteiger partial charge in [0.15, 0.2) is 0 Å². The van der Waals surface area contributed by atoms with Crippen LogP contribution in [0.1, 0.15) is 41.3 Å². The van der Waals surface area contributed by atoms with Gasteiger partial charge < -0.3 is 18.9 Å². The molecule has 0 bridgehead atoms. The highest BCUT2D eigenvalue weighted by molar-refractivity contribution is 5.81. The third-order valence-corrected chi connectivity index (χ3v) is 6.79. The molecule has 1 aliphatic rings. The van der Waals surface area contributed by atoms with Gasteiger partial charge in [-0.05, 0) is 73.4 Å². The fourth-order valence-electron chi connectivity index (χ4n) is 5.12. The van der Waals surface area contributed by atoms with Crippen molar-refractivity contribution in [2.75, 3.05) is 20.3 Å². The molecule has 0 N–H and O–H groups in total. The maximum absolute atomic E-state index is 12.9. The van der Waals surface area contributed by atoms with Crippen LogP contribution in [-0.2, 0) is 17.9 Å². The fourth-order valence-corrected chi connectivity index (χ4v) is 5.12. The van der Waals surface area contributed by atoms with Crippen molar-refractivity contribution in [3.05, 3.63) is 89.2 Å². The number of benzene rings is 3. The van der Waals surface area contributed by atoms with Crippen LogP contribution in [0.5, 0.6) is 11.5 Å². The Morgan fingerprint density at radius 2 is 1.72 bits per heavy atom. The number of fused-ring (bicyclic) bond motifs is 1. The number of imidazole rings is 1. The zero-order valence-corrected chi connectivity index (χ0v) is 21.2. The molecule has 1 unspecified atom stereocenters. The van der Waals surface area contributed by atoms with E-state index in [9.17, 15) is 4.79 Å². The van der Waals surface area contributed by atoms with Gasteiger partial charge in [0.05, 0.1) is 24.8 Å². The Kier molecular flexibility index (Phi) is 6.94. The van der Waals surface area contributed by atoms with Gasteiger partial charge in [-0.2, -0.15) is 0 Å². The van der Waals surface area contributed by atoms with Crippen molar-refractivity contribution in [3.63, 3.8) is 0 Å². The molecule has 1 aromatic heterocycles. The van der Waals surface area contributed by atoms with Gasteiger partial charge in [0.2, 0.25) is 5.91 Å². The van der Waals surface area contributed by atoms with E-state index in [1.54, 1.807) is 7.11 Å². The Morgan fingerprint density at radius 1 is 0.972 bits per heavy atom. The summed E-state index contributed by atoms with van der Waals surface area (Å²) in [4.78, 5) is 19.9. The summed E-state index contributed by atoms with van der Waals surface area (Å²) in [6.07, 6.45) is 1.34. The van der Waals surface area contributed by atoms with Gasteiger partial charge >= 0.3 is 0 Å². The molecule has 0 saturated carbocycles. The molecule has 36 heavy (non-hydrogen) atoms. The molecule has 1 fully saturated rings. The largest absolute Gasteiger partial charge is 0.497 e. The second-order valence-electron chi connectivity index (χ2n) is 9.66. The highest BCUT2D eigenvalue weighted by atomic mass is 16.5. The number of hydrogen-bond acceptors (Lipinski definition) is 4. The van der Waals surface area contributed by atoms with E-state index in [0.29, 0.717) is 26.1 Å². The molecule has 5 rings (SSSR count). The molecule has 1 saturated heterocycles. The third kappa shape index (κ3) is 5.23. The maximum Gasteiger partial charge on any atom is 0.223 e. The smallest absolute Gasteiger partial charge is 0.223 e. The minimum Gasteiger partial charge on any atom is -0.497 e. The Bertz CT molecular complexity index is 1340. The molecule has 1 atom stereocenters. The van der Waals surface area contributed by atoms with Gasteiger partial charge in [-0.15, -0.1) is 0 Å². The molecule has 6 nitrogen and oxygen atoms in total. The summed E-state index contributed by atoms with van der Waals surface area (Å²) in [5.41, 5.74) is 5.60. The first-order chi connectivity index (χ1) is 17.5. The number of aryl methyl sites for hydroxylation is 3. The number of para-hydroxylation sites is 2. The molecule has 0 aliphatic carbocycles. The summed E-state index contributed by atoms with van der Waals surface area (Å²) < 4.78 is 13.6. The average Bonchev–Trinajstić information content (AvgIpc) is 3.42. The lowest BCUT2D eigenvalue weighted by atomic mass is 10.1. The summed E-state index contributed by atoms with van der Waals surface area (Å²) in [6, 6.07) is 22.4. The van der Waals surface area contributed by atoms with Crippen LogP contribution in [0.25, 0.3) is 11.0 Å². The van der Waals surface area contributed by atoms with Crippen LogP contribution in [0, 0.1) is 13.8 Å². The zero-order chi connectivity index (χ0) is 25.1. The van der Waals surface area contributed by atoms with E-state index >= 15 is 0 Å². The molecule has 6 heteroatoms. The van der Waals surface area contributed by atoms with E-state index in [0.717, 1.165) is 46.9 Å². The topological polar surface area (TPSA) is 56.6 Å². The number of methoxy groups -OCH3 is 1. The number of carbonyl (C=O) groups excluding carboxylic acids is 1. The van der Waals surface area contributed by atoms with Gasteiger partial charge in [0.1, 0.15) is 17.3 Å². The van der Waals surface area contributed by atoms with Crippen LogP contribution < -0.4 is 9.47 Å². The number of amides is 1. The van der Waals surface area contributed by atoms with Gasteiger partial charge in [-0.25, -0.2) is 4.98 Å². The lowest BCUT2D eigenvalue weighted by Gasteiger charge is -2.18. The molecule has 2 heterocycles. The molecule has 3 aromatic carbocycles. The molecule has 0 spiro atoms. The lowest BCUT2D eigenvalue weighted by Crippen LogP contribution is -2.24. The number of aromatic nitrogens is 2. The van der Waals surface area contributed by atoms with Gasteiger partial charge in [-0.1, -0.05) is 30.3 Å². The second kappa shape index (κ2) is 10.4. The predicted molar refractivity (Wildman–Crippen MR) is 142 cm³/mol. The molecule has 1 aliphatic heterocycles. The summed E-state index contributed by atoms with van der Waals surface area (Å²) in [5.74, 6) is 2.97. The predicted octanol–water partition coefficient (Wildman–Crippen LogP) is 5.65. The Balaban J connectivity index is 1.29. The van der Waals surface area contributed by atoms with Crippen LogP contribution in [0.2, 0.25) is 0 Å². The van der Waals surface area contributed by atoms with Gasteiger partial charge in [0, 0.05) is 32.0 Å². The minimum atomic E-state index is 0.0727. The van der Waals surface area contributed by atoms with Crippen LogP contribution in [-0.4, -0.2) is 40.6 Å². The highest BCUT2D eigenvalue weighted by Crippen LogP contribution is 2.31. The average molecular weight is 484 g/mol. The summed E-state index contributed by atoms with van der Waals surface area (Å²) >= 11 is 0. The minimum absolute atomic E-state index is 0.0727. The lowest BCUT2D eigenvalue weighted by molar-refractivity contribution is -0.128. The molecule has 186 valence electrons. The number of rotatable bonds is 9. The molecule has 0 radical (unpaired) electrons. The third-order valence-electron chi connectivity index (χ3n) is 6.79. The first-order valence-corrected chi connectivity index (χ1v) is 12.6. The molecule has 4 aromatic rings. The zero-order valence-electron chi connectivity index (χ0n) is 21.2. The van der Waals surface area contributed by atoms with E-state index in [4.69, 9.17) is 14.5 Å². The van der Waals surface area contributed by atoms with E-state index in [1.807, 2.05) is 47.4 Å². The monoisotopic (exact) mass is 483 g/mol. The van der Waals surface area contributed by atoms with E-state index in [-0.39, 0.29) is 11.8 Å².